The molecule has 0 bridgehead atoms. The standard InChI is InChI=1S/C15H29N3O/c1-6-16-11-15-10-14(13(2)19-15)12-18(5)9-7-8-17(3)4/h10,16H,6-9,11-12H2,1-5H3. The summed E-state index contributed by atoms with van der Waals surface area (Å²) in [5, 5.41) is 3.29. The second-order valence-corrected chi connectivity index (χ2v) is 5.47. The fourth-order valence-electron chi connectivity index (χ4n) is 2.11. The van der Waals surface area contributed by atoms with Crippen LogP contribution in [0.4, 0.5) is 0 Å². The number of hydrogen-bond donors (Lipinski definition) is 1. The predicted molar refractivity (Wildman–Crippen MR) is 80.3 cm³/mol. The molecule has 1 aromatic heterocycles. The Hall–Kier alpha value is -0.840. The molecule has 1 rings (SSSR count). The zero-order chi connectivity index (χ0) is 14.3. The number of hydrogen-bond acceptors (Lipinski definition) is 4. The molecule has 19 heavy (non-hydrogen) atoms. The van der Waals surface area contributed by atoms with Gasteiger partial charge in [0.25, 0.3) is 0 Å². The average molecular weight is 267 g/mol. The molecule has 0 fully saturated rings. The van der Waals surface area contributed by atoms with E-state index in [0.29, 0.717) is 0 Å². The lowest BCUT2D eigenvalue weighted by Crippen LogP contribution is -2.23. The molecule has 0 aliphatic rings. The Balaban J connectivity index is 2.40. The highest BCUT2D eigenvalue weighted by atomic mass is 16.3. The Bertz CT molecular complexity index is 360. The van der Waals surface area contributed by atoms with E-state index in [2.05, 4.69) is 56.2 Å². The van der Waals surface area contributed by atoms with Crippen molar-refractivity contribution in [2.75, 3.05) is 40.8 Å². The van der Waals surface area contributed by atoms with E-state index in [4.69, 9.17) is 4.42 Å². The van der Waals surface area contributed by atoms with Crippen molar-refractivity contribution in [3.8, 4) is 0 Å². The minimum atomic E-state index is 0.821. The summed E-state index contributed by atoms with van der Waals surface area (Å²) >= 11 is 0. The van der Waals surface area contributed by atoms with E-state index in [0.717, 1.165) is 44.2 Å². The highest BCUT2D eigenvalue weighted by molar-refractivity contribution is 5.20. The third kappa shape index (κ3) is 6.23. The van der Waals surface area contributed by atoms with Gasteiger partial charge in [0.1, 0.15) is 11.5 Å². The van der Waals surface area contributed by atoms with Crippen molar-refractivity contribution >= 4 is 0 Å². The van der Waals surface area contributed by atoms with Crippen molar-refractivity contribution < 1.29 is 4.42 Å². The molecule has 0 radical (unpaired) electrons. The molecule has 1 aromatic rings. The number of furan rings is 1. The summed E-state index contributed by atoms with van der Waals surface area (Å²) in [6, 6.07) is 2.18. The maximum atomic E-state index is 5.76. The van der Waals surface area contributed by atoms with Gasteiger partial charge in [0.2, 0.25) is 0 Å². The monoisotopic (exact) mass is 267 g/mol. The quantitative estimate of drug-likeness (QED) is 0.742. The molecule has 0 aliphatic carbocycles. The van der Waals surface area contributed by atoms with Gasteiger partial charge in [-0.1, -0.05) is 6.92 Å². The molecule has 1 heterocycles. The zero-order valence-electron chi connectivity index (χ0n) is 13.1. The van der Waals surface area contributed by atoms with Gasteiger partial charge in [0.15, 0.2) is 0 Å². The van der Waals surface area contributed by atoms with E-state index < -0.39 is 0 Å². The first-order valence-corrected chi connectivity index (χ1v) is 7.15. The van der Waals surface area contributed by atoms with E-state index in [1.54, 1.807) is 0 Å². The van der Waals surface area contributed by atoms with Crippen LogP contribution in [0.15, 0.2) is 10.5 Å². The topological polar surface area (TPSA) is 31.6 Å². The highest BCUT2D eigenvalue weighted by Crippen LogP contribution is 2.16. The molecule has 0 amide bonds. The Morgan fingerprint density at radius 2 is 1.95 bits per heavy atom. The van der Waals surface area contributed by atoms with Crippen LogP contribution in [0.3, 0.4) is 0 Å². The number of nitrogens with zero attached hydrogens (tertiary/aromatic N) is 2. The van der Waals surface area contributed by atoms with Gasteiger partial charge in [-0.05, 0) is 60.2 Å². The molecule has 0 spiro atoms. The van der Waals surface area contributed by atoms with Gasteiger partial charge in [0.05, 0.1) is 6.54 Å². The first-order valence-electron chi connectivity index (χ1n) is 7.15. The molecule has 1 N–H and O–H groups in total. The van der Waals surface area contributed by atoms with Crippen LogP contribution in [0.1, 0.15) is 30.4 Å². The maximum absolute atomic E-state index is 5.76. The van der Waals surface area contributed by atoms with Gasteiger partial charge < -0.3 is 19.5 Å². The van der Waals surface area contributed by atoms with Crippen molar-refractivity contribution in [1.82, 2.24) is 15.1 Å². The predicted octanol–water partition coefficient (Wildman–Crippen LogP) is 2.08. The van der Waals surface area contributed by atoms with Crippen LogP contribution in [0.5, 0.6) is 0 Å². The summed E-state index contributed by atoms with van der Waals surface area (Å²) in [5.41, 5.74) is 1.31. The minimum absolute atomic E-state index is 0.821. The molecule has 0 aromatic carbocycles. The smallest absolute Gasteiger partial charge is 0.118 e. The molecule has 0 saturated heterocycles. The van der Waals surface area contributed by atoms with Crippen LogP contribution in [0.25, 0.3) is 0 Å². The van der Waals surface area contributed by atoms with Gasteiger partial charge in [0, 0.05) is 12.1 Å². The lowest BCUT2D eigenvalue weighted by Gasteiger charge is -2.17. The van der Waals surface area contributed by atoms with Crippen LogP contribution < -0.4 is 5.32 Å². The molecule has 0 atom stereocenters. The van der Waals surface area contributed by atoms with Gasteiger partial charge in [-0.15, -0.1) is 0 Å². The third-order valence-electron chi connectivity index (χ3n) is 3.21. The van der Waals surface area contributed by atoms with Crippen LogP contribution in [0.2, 0.25) is 0 Å². The zero-order valence-corrected chi connectivity index (χ0v) is 13.1. The number of aryl methyl sites for hydroxylation is 1. The minimum Gasteiger partial charge on any atom is -0.465 e. The van der Waals surface area contributed by atoms with E-state index in [1.807, 2.05) is 0 Å². The molecule has 4 heteroatoms. The Morgan fingerprint density at radius 1 is 1.21 bits per heavy atom. The third-order valence-corrected chi connectivity index (χ3v) is 3.21. The first-order chi connectivity index (χ1) is 9.02. The largest absolute Gasteiger partial charge is 0.465 e. The Kier molecular flexibility index (Phi) is 7.13. The summed E-state index contributed by atoms with van der Waals surface area (Å²) in [4.78, 5) is 4.59. The summed E-state index contributed by atoms with van der Waals surface area (Å²) in [5.74, 6) is 2.09. The summed E-state index contributed by atoms with van der Waals surface area (Å²) in [6.07, 6.45) is 1.20. The molecule has 110 valence electrons. The molecule has 0 aliphatic heterocycles. The molecule has 0 unspecified atom stereocenters. The van der Waals surface area contributed by atoms with Crippen LogP contribution in [-0.2, 0) is 13.1 Å². The van der Waals surface area contributed by atoms with E-state index >= 15 is 0 Å². The second kappa shape index (κ2) is 8.35. The van der Waals surface area contributed by atoms with E-state index in [-0.39, 0.29) is 0 Å². The number of nitrogens with one attached hydrogen (secondary N) is 1. The lowest BCUT2D eigenvalue weighted by atomic mass is 10.2. The molecular formula is C15H29N3O. The van der Waals surface area contributed by atoms with E-state index in [9.17, 15) is 0 Å². The number of rotatable bonds is 9. The van der Waals surface area contributed by atoms with Gasteiger partial charge in [-0.2, -0.15) is 0 Å². The first kappa shape index (κ1) is 16.2. The highest BCUT2D eigenvalue weighted by Gasteiger charge is 2.09. The summed E-state index contributed by atoms with van der Waals surface area (Å²) in [7, 11) is 6.41. The van der Waals surface area contributed by atoms with E-state index in [1.165, 1.54) is 12.0 Å². The summed E-state index contributed by atoms with van der Waals surface area (Å²) in [6.45, 7) is 9.18. The fourth-order valence-corrected chi connectivity index (χ4v) is 2.11. The van der Waals surface area contributed by atoms with Crippen molar-refractivity contribution in [2.45, 2.75) is 33.4 Å². The Morgan fingerprint density at radius 3 is 2.58 bits per heavy atom. The van der Waals surface area contributed by atoms with Crippen molar-refractivity contribution in [3.63, 3.8) is 0 Å². The second-order valence-electron chi connectivity index (χ2n) is 5.47. The Labute approximate surface area is 117 Å². The molecule has 0 saturated carbocycles. The SMILES string of the molecule is CCNCc1cc(CN(C)CCCN(C)C)c(C)o1. The fraction of sp³-hybridized carbons (Fsp3) is 0.733. The van der Waals surface area contributed by atoms with Gasteiger partial charge in [-0.25, -0.2) is 0 Å². The van der Waals surface area contributed by atoms with Gasteiger partial charge >= 0.3 is 0 Å². The molecule has 4 nitrogen and oxygen atoms in total. The normalized spacial score (nSPS) is 11.7. The van der Waals surface area contributed by atoms with Crippen molar-refractivity contribution in [3.05, 3.63) is 23.2 Å². The lowest BCUT2D eigenvalue weighted by molar-refractivity contribution is 0.293. The average Bonchev–Trinajstić information content (AvgIpc) is 2.67. The summed E-state index contributed by atoms with van der Waals surface area (Å²) < 4.78 is 5.76. The van der Waals surface area contributed by atoms with Crippen LogP contribution in [0, 0.1) is 6.92 Å². The maximum Gasteiger partial charge on any atom is 0.118 e. The van der Waals surface area contributed by atoms with Crippen molar-refractivity contribution in [2.24, 2.45) is 0 Å². The van der Waals surface area contributed by atoms with Crippen molar-refractivity contribution in [1.29, 1.82) is 0 Å². The van der Waals surface area contributed by atoms with Crippen LogP contribution >= 0.6 is 0 Å². The van der Waals surface area contributed by atoms with Gasteiger partial charge in [-0.3, -0.25) is 0 Å². The molecular weight excluding hydrogens is 238 g/mol. The van der Waals surface area contributed by atoms with Crippen LogP contribution in [-0.4, -0.2) is 50.6 Å².